The van der Waals surface area contributed by atoms with E-state index in [-0.39, 0.29) is 24.9 Å². The average molecular weight is 338 g/mol. The number of aromatic nitrogens is 2. The van der Waals surface area contributed by atoms with Gasteiger partial charge < -0.3 is 13.9 Å². The summed E-state index contributed by atoms with van der Waals surface area (Å²) in [6, 6.07) is 17.0. The highest BCUT2D eigenvalue weighted by Gasteiger charge is 2.11. The van der Waals surface area contributed by atoms with Crippen molar-refractivity contribution in [1.82, 2.24) is 10.2 Å². The third-order valence-corrected chi connectivity index (χ3v) is 3.64. The Morgan fingerprint density at radius 2 is 1.80 bits per heavy atom. The van der Waals surface area contributed by atoms with Crippen LogP contribution in [0.1, 0.15) is 17.9 Å². The Balaban J connectivity index is 1.50. The quantitative estimate of drug-likeness (QED) is 0.615. The van der Waals surface area contributed by atoms with Crippen LogP contribution < -0.4 is 4.74 Å². The predicted octanol–water partition coefficient (Wildman–Crippen LogP) is 3.42. The summed E-state index contributed by atoms with van der Waals surface area (Å²) in [5.41, 5.74) is 1.79. The predicted molar refractivity (Wildman–Crippen MR) is 90.8 cm³/mol. The van der Waals surface area contributed by atoms with E-state index in [9.17, 15) is 4.79 Å². The van der Waals surface area contributed by atoms with Gasteiger partial charge in [0.05, 0.1) is 7.11 Å². The molecule has 3 rings (SSSR count). The molecular weight excluding hydrogens is 320 g/mol. The van der Waals surface area contributed by atoms with E-state index in [1.165, 1.54) is 0 Å². The van der Waals surface area contributed by atoms with Gasteiger partial charge in [0, 0.05) is 12.0 Å². The van der Waals surface area contributed by atoms with Crippen molar-refractivity contribution in [3.8, 4) is 17.2 Å². The van der Waals surface area contributed by atoms with Crippen LogP contribution >= 0.6 is 0 Å². The van der Waals surface area contributed by atoms with Gasteiger partial charge in [0.25, 0.3) is 5.89 Å². The molecule has 0 radical (unpaired) electrons. The summed E-state index contributed by atoms with van der Waals surface area (Å²) < 4.78 is 16.0. The van der Waals surface area contributed by atoms with Crippen molar-refractivity contribution < 1.29 is 18.7 Å². The molecule has 0 spiro atoms. The molecule has 6 heteroatoms. The maximum atomic E-state index is 11.9. The van der Waals surface area contributed by atoms with Crippen molar-refractivity contribution in [1.29, 1.82) is 0 Å². The molecule has 0 bridgehead atoms. The van der Waals surface area contributed by atoms with Gasteiger partial charge in [0.1, 0.15) is 5.75 Å². The van der Waals surface area contributed by atoms with Crippen LogP contribution in [-0.2, 0) is 22.6 Å². The van der Waals surface area contributed by atoms with E-state index in [1.807, 2.05) is 54.6 Å². The van der Waals surface area contributed by atoms with E-state index >= 15 is 0 Å². The molecule has 0 unspecified atom stereocenters. The normalized spacial score (nSPS) is 10.4. The third kappa shape index (κ3) is 4.44. The number of nitrogens with zero attached hydrogens (tertiary/aromatic N) is 2. The maximum Gasteiger partial charge on any atom is 0.306 e. The van der Waals surface area contributed by atoms with E-state index in [0.717, 1.165) is 16.9 Å². The smallest absolute Gasteiger partial charge is 0.306 e. The molecule has 0 saturated heterocycles. The molecule has 0 amide bonds. The first-order valence-corrected chi connectivity index (χ1v) is 7.91. The molecule has 0 saturated carbocycles. The Morgan fingerprint density at radius 1 is 1.04 bits per heavy atom. The van der Waals surface area contributed by atoms with Crippen LogP contribution in [0.3, 0.4) is 0 Å². The second-order valence-corrected chi connectivity index (χ2v) is 5.34. The number of esters is 1. The monoisotopic (exact) mass is 338 g/mol. The van der Waals surface area contributed by atoms with Crippen molar-refractivity contribution in [2.45, 2.75) is 19.4 Å². The first kappa shape index (κ1) is 16.7. The van der Waals surface area contributed by atoms with Crippen LogP contribution in [0.2, 0.25) is 0 Å². The number of hydrogen-bond donors (Lipinski definition) is 0. The Kier molecular flexibility index (Phi) is 5.41. The van der Waals surface area contributed by atoms with Crippen molar-refractivity contribution in [3.63, 3.8) is 0 Å². The molecule has 1 aromatic heterocycles. The number of rotatable bonds is 7. The fourth-order valence-electron chi connectivity index (χ4n) is 2.37. The lowest BCUT2D eigenvalue weighted by Gasteiger charge is -2.07. The largest absolute Gasteiger partial charge is 0.496 e. The summed E-state index contributed by atoms with van der Waals surface area (Å²) in [7, 11) is 1.61. The van der Waals surface area contributed by atoms with Crippen LogP contribution in [-0.4, -0.2) is 23.3 Å². The lowest BCUT2D eigenvalue weighted by molar-refractivity contribution is -0.145. The second-order valence-electron chi connectivity index (χ2n) is 5.34. The first-order valence-electron chi connectivity index (χ1n) is 7.91. The molecule has 6 nitrogen and oxygen atoms in total. The Bertz CT molecular complexity index is 830. The van der Waals surface area contributed by atoms with Gasteiger partial charge in [-0.2, -0.15) is 0 Å². The highest BCUT2D eigenvalue weighted by atomic mass is 16.5. The summed E-state index contributed by atoms with van der Waals surface area (Å²) in [6.07, 6.45) is 0.794. The summed E-state index contributed by atoms with van der Waals surface area (Å²) >= 11 is 0. The van der Waals surface area contributed by atoms with Crippen molar-refractivity contribution in [3.05, 3.63) is 66.1 Å². The van der Waals surface area contributed by atoms with Gasteiger partial charge in [-0.15, -0.1) is 10.2 Å². The summed E-state index contributed by atoms with van der Waals surface area (Å²) in [4.78, 5) is 11.9. The summed E-state index contributed by atoms with van der Waals surface area (Å²) in [5, 5.41) is 7.85. The summed E-state index contributed by atoms with van der Waals surface area (Å²) in [5.74, 6) is 1.11. The van der Waals surface area contributed by atoms with Gasteiger partial charge in [-0.05, 0) is 30.2 Å². The van der Waals surface area contributed by atoms with Gasteiger partial charge in [0.15, 0.2) is 6.61 Å². The van der Waals surface area contributed by atoms with Crippen molar-refractivity contribution in [2.24, 2.45) is 0 Å². The van der Waals surface area contributed by atoms with Crippen LogP contribution in [0.5, 0.6) is 5.75 Å². The number of ether oxygens (including phenoxy) is 2. The summed E-state index contributed by atoms with van der Waals surface area (Å²) in [6.45, 7) is -0.0371. The molecule has 0 atom stereocenters. The number of methoxy groups -OCH3 is 1. The molecule has 1 heterocycles. The number of carbonyl (C=O) groups excluding carboxylic acids is 1. The molecule has 0 aliphatic heterocycles. The molecule has 0 aliphatic rings. The van der Waals surface area contributed by atoms with Gasteiger partial charge in [0.2, 0.25) is 5.89 Å². The number of benzene rings is 2. The standard InChI is InChI=1S/C19H18N2O4/c1-23-16-10-6-5-7-14(16)11-12-18(22)24-13-17-20-21-19(25-17)15-8-3-2-4-9-15/h2-10H,11-13H2,1H3. The lowest BCUT2D eigenvalue weighted by atomic mass is 10.1. The first-order chi connectivity index (χ1) is 12.3. The highest BCUT2D eigenvalue weighted by molar-refractivity contribution is 5.69. The van der Waals surface area contributed by atoms with Gasteiger partial charge in [-0.3, -0.25) is 4.79 Å². The third-order valence-electron chi connectivity index (χ3n) is 3.64. The van der Waals surface area contributed by atoms with E-state index in [4.69, 9.17) is 13.9 Å². The zero-order chi connectivity index (χ0) is 17.5. The van der Waals surface area contributed by atoms with Gasteiger partial charge in [-0.25, -0.2) is 0 Å². The maximum absolute atomic E-state index is 11.9. The lowest BCUT2D eigenvalue weighted by Crippen LogP contribution is -2.06. The SMILES string of the molecule is COc1ccccc1CCC(=O)OCc1nnc(-c2ccccc2)o1. The fraction of sp³-hybridized carbons (Fsp3) is 0.211. The fourth-order valence-corrected chi connectivity index (χ4v) is 2.37. The van der Waals surface area contributed by atoms with Crippen LogP contribution in [0.25, 0.3) is 11.5 Å². The molecule has 0 aliphatic carbocycles. The van der Waals surface area contributed by atoms with E-state index in [2.05, 4.69) is 10.2 Å². The molecule has 0 N–H and O–H groups in total. The Morgan fingerprint density at radius 3 is 2.60 bits per heavy atom. The minimum Gasteiger partial charge on any atom is -0.496 e. The van der Waals surface area contributed by atoms with Gasteiger partial charge >= 0.3 is 5.97 Å². The Labute approximate surface area is 145 Å². The molecule has 3 aromatic rings. The average Bonchev–Trinajstić information content (AvgIpc) is 3.14. The number of aryl methyl sites for hydroxylation is 1. The highest BCUT2D eigenvalue weighted by Crippen LogP contribution is 2.20. The van der Waals surface area contributed by atoms with Gasteiger partial charge in [-0.1, -0.05) is 36.4 Å². The topological polar surface area (TPSA) is 74.5 Å². The van der Waals surface area contributed by atoms with Crippen molar-refractivity contribution in [2.75, 3.05) is 7.11 Å². The van der Waals surface area contributed by atoms with Crippen LogP contribution in [0.15, 0.2) is 59.0 Å². The second kappa shape index (κ2) is 8.10. The minimum absolute atomic E-state index is 0.0371. The number of carbonyl (C=O) groups is 1. The van der Waals surface area contributed by atoms with E-state index < -0.39 is 0 Å². The van der Waals surface area contributed by atoms with E-state index in [1.54, 1.807) is 7.11 Å². The van der Waals surface area contributed by atoms with Crippen molar-refractivity contribution >= 4 is 5.97 Å². The molecule has 25 heavy (non-hydrogen) atoms. The van der Waals surface area contributed by atoms with Crippen LogP contribution in [0.4, 0.5) is 0 Å². The Hall–Kier alpha value is -3.15. The van der Waals surface area contributed by atoms with E-state index in [0.29, 0.717) is 12.3 Å². The molecule has 2 aromatic carbocycles. The molecule has 128 valence electrons. The molecular formula is C19H18N2O4. The number of para-hydroxylation sites is 1. The van der Waals surface area contributed by atoms with Crippen LogP contribution in [0, 0.1) is 0 Å². The molecule has 0 fully saturated rings. The zero-order valence-electron chi connectivity index (χ0n) is 13.8. The minimum atomic E-state index is -0.328. The number of hydrogen-bond acceptors (Lipinski definition) is 6. The zero-order valence-corrected chi connectivity index (χ0v) is 13.8.